The first-order valence-corrected chi connectivity index (χ1v) is 6.86. The predicted octanol–water partition coefficient (Wildman–Crippen LogP) is 3.75. The highest BCUT2D eigenvalue weighted by Crippen LogP contribution is 2.38. The summed E-state index contributed by atoms with van der Waals surface area (Å²) in [5.41, 5.74) is 0.141. The molecule has 1 aliphatic carbocycles. The monoisotopic (exact) mass is 269 g/mol. The molecule has 0 N–H and O–H groups in total. The molecule has 0 radical (unpaired) electrons. The molecule has 1 aliphatic rings. The van der Waals surface area contributed by atoms with Crippen LogP contribution in [0.5, 0.6) is 0 Å². The number of halogens is 3. The molecule has 102 valence electrons. The highest BCUT2D eigenvalue weighted by molar-refractivity contribution is 7.80. The summed E-state index contributed by atoms with van der Waals surface area (Å²) in [6.07, 6.45) is 1.07. The summed E-state index contributed by atoms with van der Waals surface area (Å²) in [6.45, 7) is 0.839. The molecule has 0 saturated heterocycles. The molecule has 1 rings (SSSR count). The fourth-order valence-electron chi connectivity index (χ4n) is 2.64. The Hall–Kier alpha value is 0.100. The zero-order valence-corrected chi connectivity index (χ0v) is 11.3. The zero-order valence-electron chi connectivity index (χ0n) is 10.4. The predicted molar refractivity (Wildman–Crippen MR) is 67.5 cm³/mol. The van der Waals surface area contributed by atoms with Crippen molar-refractivity contribution in [3.63, 3.8) is 0 Å². The van der Waals surface area contributed by atoms with Gasteiger partial charge >= 0.3 is 6.18 Å². The van der Waals surface area contributed by atoms with E-state index in [0.29, 0.717) is 0 Å². The molecule has 5 heteroatoms. The van der Waals surface area contributed by atoms with Crippen LogP contribution in [0, 0.1) is 5.41 Å². The summed E-state index contributed by atoms with van der Waals surface area (Å²) in [5, 5.41) is 0. The molecule has 0 aromatic carbocycles. The van der Waals surface area contributed by atoms with Crippen molar-refractivity contribution in [2.24, 2.45) is 5.41 Å². The maximum absolute atomic E-state index is 12.1. The van der Waals surface area contributed by atoms with Crippen LogP contribution in [0.15, 0.2) is 0 Å². The standard InChI is InChI=1S/C12H22F3NS/c1-16(8-7-12(13,14)15)9-11(10-17)5-3-2-4-6-11/h17H,2-10H2,1H3. The normalized spacial score (nSPS) is 20.8. The van der Waals surface area contributed by atoms with Gasteiger partial charge in [0.15, 0.2) is 0 Å². The SMILES string of the molecule is CN(CCC(F)(F)F)CC1(CS)CCCCC1. The van der Waals surface area contributed by atoms with Gasteiger partial charge in [0.25, 0.3) is 0 Å². The number of rotatable bonds is 5. The van der Waals surface area contributed by atoms with Gasteiger partial charge in [-0.05, 0) is 31.1 Å². The Bertz CT molecular complexity index is 224. The van der Waals surface area contributed by atoms with Crippen molar-refractivity contribution in [3.05, 3.63) is 0 Å². The van der Waals surface area contributed by atoms with Gasteiger partial charge in [0, 0.05) is 13.1 Å². The molecule has 0 heterocycles. The zero-order chi connectivity index (χ0) is 12.9. The second-order valence-corrected chi connectivity index (χ2v) is 5.64. The average molecular weight is 269 g/mol. The van der Waals surface area contributed by atoms with E-state index < -0.39 is 12.6 Å². The Labute approximate surface area is 107 Å². The smallest absolute Gasteiger partial charge is 0.305 e. The molecule has 0 amide bonds. The topological polar surface area (TPSA) is 3.24 Å². The highest BCUT2D eigenvalue weighted by Gasteiger charge is 2.33. The maximum Gasteiger partial charge on any atom is 0.390 e. The molecular weight excluding hydrogens is 247 g/mol. The van der Waals surface area contributed by atoms with Crippen LogP contribution in [0.25, 0.3) is 0 Å². The van der Waals surface area contributed by atoms with Crippen LogP contribution in [0.4, 0.5) is 13.2 Å². The molecule has 0 unspecified atom stereocenters. The van der Waals surface area contributed by atoms with Crippen LogP contribution < -0.4 is 0 Å². The van der Waals surface area contributed by atoms with Crippen molar-refractivity contribution in [3.8, 4) is 0 Å². The Morgan fingerprint density at radius 3 is 2.24 bits per heavy atom. The second-order valence-electron chi connectivity index (χ2n) is 5.32. The minimum atomic E-state index is -4.05. The summed E-state index contributed by atoms with van der Waals surface area (Å²) in [5.74, 6) is 0.781. The fourth-order valence-corrected chi connectivity index (χ4v) is 3.05. The number of nitrogens with zero attached hydrogens (tertiary/aromatic N) is 1. The van der Waals surface area contributed by atoms with Gasteiger partial charge in [-0.15, -0.1) is 0 Å². The van der Waals surface area contributed by atoms with Crippen molar-refractivity contribution >= 4 is 12.6 Å². The summed E-state index contributed by atoms with van der Waals surface area (Å²) in [6, 6.07) is 0. The van der Waals surface area contributed by atoms with Crippen molar-refractivity contribution in [2.45, 2.75) is 44.7 Å². The minimum absolute atomic E-state index is 0.0963. The van der Waals surface area contributed by atoms with Gasteiger partial charge in [-0.25, -0.2) is 0 Å². The van der Waals surface area contributed by atoms with E-state index in [2.05, 4.69) is 12.6 Å². The van der Waals surface area contributed by atoms with E-state index in [0.717, 1.165) is 25.1 Å². The molecule has 0 aromatic rings. The van der Waals surface area contributed by atoms with E-state index in [1.807, 2.05) is 4.90 Å². The molecular formula is C12H22F3NS. The lowest BCUT2D eigenvalue weighted by atomic mass is 9.75. The third kappa shape index (κ3) is 5.51. The summed E-state index contributed by atoms with van der Waals surface area (Å²) >= 11 is 4.40. The van der Waals surface area contributed by atoms with E-state index in [4.69, 9.17) is 0 Å². The molecule has 0 bridgehead atoms. The largest absolute Gasteiger partial charge is 0.390 e. The lowest BCUT2D eigenvalue weighted by Gasteiger charge is -2.39. The van der Waals surface area contributed by atoms with E-state index in [1.165, 1.54) is 19.3 Å². The van der Waals surface area contributed by atoms with Crippen LogP contribution in [0.2, 0.25) is 0 Å². The molecule has 0 aromatic heterocycles. The highest BCUT2D eigenvalue weighted by atomic mass is 32.1. The number of thiol groups is 1. The molecule has 0 aliphatic heterocycles. The van der Waals surface area contributed by atoms with Gasteiger partial charge in [0.1, 0.15) is 0 Å². The van der Waals surface area contributed by atoms with Crippen molar-refractivity contribution in [1.29, 1.82) is 0 Å². The Balaban J connectivity index is 2.39. The minimum Gasteiger partial charge on any atom is -0.305 e. The molecule has 0 atom stereocenters. The Morgan fingerprint density at radius 1 is 1.18 bits per heavy atom. The molecule has 17 heavy (non-hydrogen) atoms. The first-order chi connectivity index (χ1) is 7.87. The van der Waals surface area contributed by atoms with Crippen molar-refractivity contribution in [2.75, 3.05) is 25.9 Å². The van der Waals surface area contributed by atoms with Crippen LogP contribution >= 0.6 is 12.6 Å². The van der Waals surface area contributed by atoms with Gasteiger partial charge in [-0.2, -0.15) is 25.8 Å². The van der Waals surface area contributed by atoms with Gasteiger partial charge in [0.2, 0.25) is 0 Å². The van der Waals surface area contributed by atoms with Crippen molar-refractivity contribution in [1.82, 2.24) is 4.90 Å². The summed E-state index contributed by atoms with van der Waals surface area (Å²) in [7, 11) is 1.78. The third-order valence-electron chi connectivity index (χ3n) is 3.63. The Kier molecular flexibility index (Phi) is 5.64. The van der Waals surface area contributed by atoms with Gasteiger partial charge in [-0.3, -0.25) is 0 Å². The number of alkyl halides is 3. The van der Waals surface area contributed by atoms with Gasteiger partial charge < -0.3 is 4.90 Å². The maximum atomic E-state index is 12.1. The second kappa shape index (κ2) is 6.32. The quantitative estimate of drug-likeness (QED) is 0.744. The fraction of sp³-hybridized carbons (Fsp3) is 1.00. The van der Waals surface area contributed by atoms with E-state index in [1.54, 1.807) is 7.05 Å². The number of hydrogen-bond acceptors (Lipinski definition) is 2. The Morgan fingerprint density at radius 2 is 1.76 bits per heavy atom. The summed E-state index contributed by atoms with van der Waals surface area (Å²) < 4.78 is 36.4. The third-order valence-corrected chi connectivity index (χ3v) is 4.30. The lowest BCUT2D eigenvalue weighted by molar-refractivity contribution is -0.138. The van der Waals surface area contributed by atoms with Crippen LogP contribution in [-0.2, 0) is 0 Å². The first-order valence-electron chi connectivity index (χ1n) is 6.23. The average Bonchev–Trinajstić information content (AvgIpc) is 2.27. The van der Waals surface area contributed by atoms with E-state index in [9.17, 15) is 13.2 Å². The van der Waals surface area contributed by atoms with Gasteiger partial charge in [0.05, 0.1) is 6.42 Å². The first kappa shape index (κ1) is 15.2. The summed E-state index contributed by atoms with van der Waals surface area (Å²) in [4.78, 5) is 1.81. The van der Waals surface area contributed by atoms with Crippen LogP contribution in [-0.4, -0.2) is 37.0 Å². The van der Waals surface area contributed by atoms with Gasteiger partial charge in [-0.1, -0.05) is 19.3 Å². The van der Waals surface area contributed by atoms with Crippen LogP contribution in [0.1, 0.15) is 38.5 Å². The molecule has 1 fully saturated rings. The molecule has 0 spiro atoms. The molecule has 1 saturated carbocycles. The lowest BCUT2D eigenvalue weighted by Crippen LogP contribution is -2.39. The van der Waals surface area contributed by atoms with Crippen LogP contribution in [0.3, 0.4) is 0 Å². The van der Waals surface area contributed by atoms with E-state index >= 15 is 0 Å². The molecule has 1 nitrogen and oxygen atoms in total. The van der Waals surface area contributed by atoms with Crippen molar-refractivity contribution < 1.29 is 13.2 Å². The number of hydrogen-bond donors (Lipinski definition) is 1. The van der Waals surface area contributed by atoms with E-state index in [-0.39, 0.29) is 12.0 Å².